The van der Waals surface area contributed by atoms with Crippen molar-refractivity contribution < 1.29 is 10.0 Å². The van der Waals surface area contributed by atoms with Crippen LogP contribution in [0.4, 0.5) is 0 Å². The minimum Gasteiger partial charge on any atom is -0.409 e. The van der Waals surface area contributed by atoms with Crippen molar-refractivity contribution in [3.63, 3.8) is 0 Å². The standard InChI is InChI=1S/C13H18ClN5O2/c1-9(12(15)17-21)18-4-6-19(7-5-18)13(20)10-2-3-16-8-11(10)14/h2-3,8-9,21H,4-7H2,1H3,(H2,15,17). The van der Waals surface area contributed by atoms with Crippen LogP contribution < -0.4 is 5.73 Å². The van der Waals surface area contributed by atoms with Crippen LogP contribution in [0.2, 0.25) is 5.02 Å². The fourth-order valence-corrected chi connectivity index (χ4v) is 2.50. The molecule has 21 heavy (non-hydrogen) atoms. The lowest BCUT2D eigenvalue weighted by Crippen LogP contribution is -2.54. The minimum absolute atomic E-state index is 0.0986. The van der Waals surface area contributed by atoms with Gasteiger partial charge in [-0.2, -0.15) is 0 Å². The summed E-state index contributed by atoms with van der Waals surface area (Å²) in [6.45, 7) is 4.32. The van der Waals surface area contributed by atoms with E-state index in [1.165, 1.54) is 6.20 Å². The largest absolute Gasteiger partial charge is 0.409 e. The molecule has 0 aromatic carbocycles. The van der Waals surface area contributed by atoms with Crippen LogP contribution in [-0.4, -0.2) is 64.0 Å². The Bertz CT molecular complexity index is 543. The summed E-state index contributed by atoms with van der Waals surface area (Å²) >= 11 is 6.00. The maximum absolute atomic E-state index is 12.4. The van der Waals surface area contributed by atoms with E-state index in [0.717, 1.165) is 0 Å². The average molecular weight is 312 g/mol. The molecule has 1 fully saturated rings. The predicted octanol–water partition coefficient (Wildman–Crippen LogP) is 0.628. The molecule has 3 N–H and O–H groups in total. The number of carbonyl (C=O) groups excluding carboxylic acids is 1. The van der Waals surface area contributed by atoms with Gasteiger partial charge in [-0.25, -0.2) is 0 Å². The molecule has 1 saturated heterocycles. The number of nitrogens with zero attached hydrogens (tertiary/aromatic N) is 4. The molecule has 1 atom stereocenters. The third-order valence-corrected chi connectivity index (χ3v) is 4.00. The summed E-state index contributed by atoms with van der Waals surface area (Å²) in [5.74, 6) is 0.0745. The number of aromatic nitrogens is 1. The van der Waals surface area contributed by atoms with Gasteiger partial charge < -0.3 is 15.8 Å². The van der Waals surface area contributed by atoms with E-state index in [9.17, 15) is 4.79 Å². The summed E-state index contributed by atoms with van der Waals surface area (Å²) < 4.78 is 0. The van der Waals surface area contributed by atoms with Crippen molar-refractivity contribution in [1.29, 1.82) is 0 Å². The van der Waals surface area contributed by atoms with E-state index < -0.39 is 0 Å². The molecule has 1 amide bonds. The number of amidine groups is 1. The smallest absolute Gasteiger partial charge is 0.255 e. The molecule has 7 nitrogen and oxygen atoms in total. The van der Waals surface area contributed by atoms with E-state index in [2.05, 4.69) is 15.0 Å². The van der Waals surface area contributed by atoms with Crippen molar-refractivity contribution in [3.8, 4) is 0 Å². The molecule has 1 aromatic rings. The summed E-state index contributed by atoms with van der Waals surface area (Å²) in [6, 6.07) is 1.47. The van der Waals surface area contributed by atoms with E-state index in [0.29, 0.717) is 36.8 Å². The van der Waals surface area contributed by atoms with E-state index in [1.54, 1.807) is 17.2 Å². The number of piperazine rings is 1. The third-order valence-electron chi connectivity index (χ3n) is 3.70. The molecule has 2 heterocycles. The molecular weight excluding hydrogens is 294 g/mol. The lowest BCUT2D eigenvalue weighted by molar-refractivity contribution is 0.0619. The van der Waals surface area contributed by atoms with Gasteiger partial charge in [0.05, 0.1) is 16.6 Å². The Morgan fingerprint density at radius 1 is 1.48 bits per heavy atom. The van der Waals surface area contributed by atoms with Crippen LogP contribution in [0.15, 0.2) is 23.6 Å². The van der Waals surface area contributed by atoms with Gasteiger partial charge in [0.15, 0.2) is 5.84 Å². The van der Waals surface area contributed by atoms with Crippen LogP contribution in [0.5, 0.6) is 0 Å². The highest BCUT2D eigenvalue weighted by Crippen LogP contribution is 2.17. The van der Waals surface area contributed by atoms with Crippen LogP contribution in [-0.2, 0) is 0 Å². The maximum atomic E-state index is 12.4. The first kappa shape index (κ1) is 15.5. The highest BCUT2D eigenvalue weighted by atomic mass is 35.5. The molecule has 2 rings (SSSR count). The molecule has 1 aromatic heterocycles. The molecule has 0 spiro atoms. The minimum atomic E-state index is -0.156. The maximum Gasteiger partial charge on any atom is 0.255 e. The topological polar surface area (TPSA) is 95.0 Å². The van der Waals surface area contributed by atoms with Gasteiger partial charge in [0.25, 0.3) is 5.91 Å². The zero-order valence-corrected chi connectivity index (χ0v) is 12.5. The van der Waals surface area contributed by atoms with Crippen LogP contribution in [0.1, 0.15) is 17.3 Å². The van der Waals surface area contributed by atoms with Crippen molar-refractivity contribution in [1.82, 2.24) is 14.8 Å². The van der Waals surface area contributed by atoms with E-state index in [4.69, 9.17) is 22.5 Å². The van der Waals surface area contributed by atoms with Gasteiger partial charge in [0.2, 0.25) is 0 Å². The Morgan fingerprint density at radius 2 is 2.14 bits per heavy atom. The molecule has 8 heteroatoms. The van der Waals surface area contributed by atoms with Crippen molar-refractivity contribution in [2.75, 3.05) is 26.2 Å². The van der Waals surface area contributed by atoms with Crippen LogP contribution in [0.25, 0.3) is 0 Å². The Kier molecular flexibility index (Phi) is 4.98. The van der Waals surface area contributed by atoms with Gasteiger partial charge in [-0.15, -0.1) is 0 Å². The van der Waals surface area contributed by atoms with E-state index in [-0.39, 0.29) is 17.8 Å². The van der Waals surface area contributed by atoms with Crippen molar-refractivity contribution in [2.45, 2.75) is 13.0 Å². The highest BCUT2D eigenvalue weighted by molar-refractivity contribution is 6.33. The fraction of sp³-hybridized carbons (Fsp3) is 0.462. The first-order chi connectivity index (χ1) is 10.0. The van der Waals surface area contributed by atoms with Gasteiger partial charge in [-0.3, -0.25) is 14.7 Å². The lowest BCUT2D eigenvalue weighted by atomic mass is 10.2. The molecule has 114 valence electrons. The van der Waals surface area contributed by atoms with E-state index >= 15 is 0 Å². The van der Waals surface area contributed by atoms with Crippen LogP contribution in [0, 0.1) is 0 Å². The number of nitrogens with two attached hydrogens (primary N) is 1. The summed E-state index contributed by atoms with van der Waals surface area (Å²) in [5.41, 5.74) is 6.07. The quantitative estimate of drug-likeness (QED) is 0.369. The first-order valence-electron chi connectivity index (χ1n) is 6.65. The Hall–Kier alpha value is -1.86. The molecule has 1 unspecified atom stereocenters. The molecule has 0 saturated carbocycles. The number of hydrogen-bond acceptors (Lipinski definition) is 5. The summed E-state index contributed by atoms with van der Waals surface area (Å²) in [6.07, 6.45) is 3.02. The number of carbonyl (C=O) groups is 1. The molecule has 1 aliphatic heterocycles. The number of hydrogen-bond donors (Lipinski definition) is 2. The first-order valence-corrected chi connectivity index (χ1v) is 7.02. The van der Waals surface area contributed by atoms with Gasteiger partial charge in [0, 0.05) is 38.6 Å². The number of amides is 1. The number of halogens is 1. The van der Waals surface area contributed by atoms with Crippen molar-refractivity contribution in [3.05, 3.63) is 29.0 Å². The molecule has 0 radical (unpaired) electrons. The second-order valence-corrected chi connectivity index (χ2v) is 5.29. The van der Waals surface area contributed by atoms with Gasteiger partial charge in [0.1, 0.15) is 0 Å². The second kappa shape index (κ2) is 6.73. The third kappa shape index (κ3) is 3.43. The summed E-state index contributed by atoms with van der Waals surface area (Å²) in [7, 11) is 0. The second-order valence-electron chi connectivity index (χ2n) is 4.88. The van der Waals surface area contributed by atoms with Crippen LogP contribution in [0.3, 0.4) is 0 Å². The lowest BCUT2D eigenvalue weighted by Gasteiger charge is -2.37. The zero-order valence-electron chi connectivity index (χ0n) is 11.7. The molecular formula is C13H18ClN5O2. The van der Waals surface area contributed by atoms with Crippen LogP contribution >= 0.6 is 11.6 Å². The fourth-order valence-electron chi connectivity index (χ4n) is 2.30. The number of pyridine rings is 1. The zero-order chi connectivity index (χ0) is 15.4. The molecule has 1 aliphatic rings. The molecule has 0 bridgehead atoms. The monoisotopic (exact) mass is 311 g/mol. The van der Waals surface area contributed by atoms with Gasteiger partial charge >= 0.3 is 0 Å². The Balaban J connectivity index is 1.98. The highest BCUT2D eigenvalue weighted by Gasteiger charge is 2.27. The SMILES string of the molecule is CC(C(N)=NO)N1CCN(C(=O)c2ccncc2Cl)CC1. The predicted molar refractivity (Wildman–Crippen MR) is 79.6 cm³/mol. The Morgan fingerprint density at radius 3 is 2.71 bits per heavy atom. The molecule has 0 aliphatic carbocycles. The number of rotatable bonds is 3. The van der Waals surface area contributed by atoms with Crippen molar-refractivity contribution >= 4 is 23.3 Å². The summed E-state index contributed by atoms with van der Waals surface area (Å²) in [4.78, 5) is 20.1. The van der Waals surface area contributed by atoms with Gasteiger partial charge in [-0.05, 0) is 13.0 Å². The van der Waals surface area contributed by atoms with Gasteiger partial charge in [-0.1, -0.05) is 16.8 Å². The van der Waals surface area contributed by atoms with E-state index in [1.807, 2.05) is 6.92 Å². The average Bonchev–Trinajstić information content (AvgIpc) is 2.53. The van der Waals surface area contributed by atoms with Crippen molar-refractivity contribution in [2.24, 2.45) is 10.9 Å². The summed E-state index contributed by atoms with van der Waals surface area (Å²) in [5, 5.41) is 12.1. The Labute approximate surface area is 128 Å². The number of oxime groups is 1. The normalized spacial score (nSPS) is 18.6.